The highest BCUT2D eigenvalue weighted by Gasteiger charge is 2.50. The molecule has 4 aliphatic heterocycles. The standard InChI is InChI=1S/C28H31F2N7O2/c1-17-11-36(26-5-3-20(7-31)37-27(26)24(30)9-33-37)13-21(39-17)12-35-15-28(16-35)22-4-2-19(6-18(22)14-38-28)34-25-10-32-8-23(25)29/h2-6,9,17,21,23,25,32,34H,8,10-16H2,1H3. The first-order valence-electron chi connectivity index (χ1n) is 13.5. The van der Waals surface area contributed by atoms with Gasteiger partial charge in [0.25, 0.3) is 0 Å². The van der Waals surface area contributed by atoms with E-state index in [0.29, 0.717) is 49.7 Å². The normalized spacial score (nSPS) is 28.0. The molecule has 11 heteroatoms. The van der Waals surface area contributed by atoms with E-state index < -0.39 is 12.0 Å². The second kappa shape index (κ2) is 9.41. The van der Waals surface area contributed by atoms with Gasteiger partial charge in [-0.25, -0.2) is 13.3 Å². The van der Waals surface area contributed by atoms with Gasteiger partial charge in [-0.2, -0.15) is 10.4 Å². The largest absolute Gasteiger partial charge is 0.378 e. The highest BCUT2D eigenvalue weighted by atomic mass is 19.1. The Bertz CT molecular complexity index is 1450. The highest BCUT2D eigenvalue weighted by molar-refractivity contribution is 5.74. The molecule has 1 aromatic carbocycles. The van der Waals surface area contributed by atoms with Gasteiger partial charge in [0, 0.05) is 51.5 Å². The van der Waals surface area contributed by atoms with Gasteiger partial charge in [-0.15, -0.1) is 0 Å². The zero-order chi connectivity index (χ0) is 26.7. The van der Waals surface area contributed by atoms with Crippen molar-refractivity contribution in [2.24, 2.45) is 0 Å². The molecule has 4 atom stereocenters. The van der Waals surface area contributed by atoms with Gasteiger partial charge >= 0.3 is 0 Å². The van der Waals surface area contributed by atoms with Crippen LogP contribution in [0.15, 0.2) is 36.5 Å². The summed E-state index contributed by atoms with van der Waals surface area (Å²) in [7, 11) is 0. The molecule has 3 aromatic rings. The summed E-state index contributed by atoms with van der Waals surface area (Å²) in [6.07, 6.45) is 0.176. The van der Waals surface area contributed by atoms with Gasteiger partial charge in [-0.1, -0.05) is 6.07 Å². The molecule has 0 radical (unpaired) electrons. The van der Waals surface area contributed by atoms with Gasteiger partial charge < -0.3 is 25.0 Å². The van der Waals surface area contributed by atoms with Gasteiger partial charge in [-0.3, -0.25) is 4.90 Å². The second-order valence-corrected chi connectivity index (χ2v) is 11.2. The fourth-order valence-electron chi connectivity index (χ4n) is 6.63. The van der Waals surface area contributed by atoms with Gasteiger partial charge in [-0.05, 0) is 42.3 Å². The molecule has 204 valence electrons. The summed E-state index contributed by atoms with van der Waals surface area (Å²) in [5.74, 6) is -0.442. The monoisotopic (exact) mass is 535 g/mol. The van der Waals surface area contributed by atoms with Crippen molar-refractivity contribution in [3.63, 3.8) is 0 Å². The lowest BCUT2D eigenvalue weighted by molar-refractivity contribution is -0.155. The number of fused-ring (bicyclic) bond motifs is 3. The molecule has 3 fully saturated rings. The molecule has 0 amide bonds. The first kappa shape index (κ1) is 24.7. The van der Waals surface area contributed by atoms with Crippen molar-refractivity contribution in [3.05, 3.63) is 59.2 Å². The van der Waals surface area contributed by atoms with E-state index in [1.165, 1.54) is 10.1 Å². The van der Waals surface area contributed by atoms with Crippen LogP contribution in [-0.2, 0) is 21.7 Å². The Hall–Kier alpha value is -3.30. The van der Waals surface area contributed by atoms with Crippen molar-refractivity contribution < 1.29 is 18.3 Å². The number of likely N-dealkylation sites (tertiary alicyclic amines) is 1. The SMILES string of the molecule is CC1CN(c2ccc(C#N)n3ncc(F)c23)CC(CN2CC3(C2)OCc2cc(NC4CNCC4F)ccc23)O1. The highest BCUT2D eigenvalue weighted by Crippen LogP contribution is 2.44. The maximum absolute atomic E-state index is 14.7. The lowest BCUT2D eigenvalue weighted by Crippen LogP contribution is -2.62. The molecule has 0 aliphatic carbocycles. The second-order valence-electron chi connectivity index (χ2n) is 11.2. The first-order chi connectivity index (χ1) is 18.9. The van der Waals surface area contributed by atoms with E-state index in [2.05, 4.69) is 43.7 Å². The Labute approximate surface area is 225 Å². The fraction of sp³-hybridized carbons (Fsp3) is 0.500. The van der Waals surface area contributed by atoms with Crippen molar-refractivity contribution in [2.75, 3.05) is 56.0 Å². The quantitative estimate of drug-likeness (QED) is 0.515. The van der Waals surface area contributed by atoms with Crippen LogP contribution < -0.4 is 15.5 Å². The fourth-order valence-corrected chi connectivity index (χ4v) is 6.63. The molecule has 9 nitrogen and oxygen atoms in total. The van der Waals surface area contributed by atoms with Crippen LogP contribution in [0.1, 0.15) is 23.7 Å². The summed E-state index contributed by atoms with van der Waals surface area (Å²) in [4.78, 5) is 4.47. The summed E-state index contributed by atoms with van der Waals surface area (Å²) in [5, 5.41) is 19.9. The van der Waals surface area contributed by atoms with E-state index >= 15 is 0 Å². The van der Waals surface area contributed by atoms with Crippen LogP contribution in [0.2, 0.25) is 0 Å². The Morgan fingerprint density at radius 3 is 2.90 bits per heavy atom. The molecule has 7 rings (SSSR count). The predicted octanol–water partition coefficient (Wildman–Crippen LogP) is 2.40. The summed E-state index contributed by atoms with van der Waals surface area (Å²) >= 11 is 0. The Morgan fingerprint density at radius 1 is 1.23 bits per heavy atom. The number of ether oxygens (including phenoxy) is 2. The minimum Gasteiger partial charge on any atom is -0.378 e. The van der Waals surface area contributed by atoms with Crippen molar-refractivity contribution >= 4 is 16.9 Å². The zero-order valence-electron chi connectivity index (χ0n) is 21.7. The Balaban J connectivity index is 1.02. The first-order valence-corrected chi connectivity index (χ1v) is 13.5. The Morgan fingerprint density at radius 2 is 2.10 bits per heavy atom. The number of morpholine rings is 1. The summed E-state index contributed by atoms with van der Waals surface area (Å²) in [5.41, 5.74) is 4.31. The number of hydrogen-bond acceptors (Lipinski definition) is 8. The number of alkyl halides is 1. The molecule has 4 unspecified atom stereocenters. The maximum Gasteiger partial charge on any atom is 0.171 e. The van der Waals surface area contributed by atoms with Crippen molar-refractivity contribution in [1.29, 1.82) is 5.26 Å². The lowest BCUT2D eigenvalue weighted by Gasteiger charge is -2.50. The summed E-state index contributed by atoms with van der Waals surface area (Å²) in [6.45, 7) is 7.12. The van der Waals surface area contributed by atoms with Crippen molar-refractivity contribution in [2.45, 2.75) is 43.6 Å². The molecule has 4 aliphatic rings. The van der Waals surface area contributed by atoms with Crippen LogP contribution >= 0.6 is 0 Å². The van der Waals surface area contributed by atoms with Crippen LogP contribution in [0.4, 0.5) is 20.2 Å². The number of rotatable bonds is 5. The predicted molar refractivity (Wildman–Crippen MR) is 141 cm³/mol. The molecular weight excluding hydrogens is 504 g/mol. The van der Waals surface area contributed by atoms with Crippen molar-refractivity contribution in [1.82, 2.24) is 19.8 Å². The Kier molecular flexibility index (Phi) is 5.97. The molecule has 6 heterocycles. The van der Waals surface area contributed by atoms with Gasteiger partial charge in [0.05, 0.1) is 36.7 Å². The van der Waals surface area contributed by atoms with Gasteiger partial charge in [0.2, 0.25) is 0 Å². The average molecular weight is 536 g/mol. The van der Waals surface area contributed by atoms with E-state index in [4.69, 9.17) is 9.47 Å². The number of nitriles is 1. The van der Waals surface area contributed by atoms with E-state index in [1.54, 1.807) is 12.1 Å². The number of anilines is 2. The molecule has 2 N–H and O–H groups in total. The number of aromatic nitrogens is 2. The number of pyridine rings is 1. The molecule has 0 saturated carbocycles. The molecule has 3 saturated heterocycles. The minimum atomic E-state index is -0.885. The van der Waals surface area contributed by atoms with Crippen LogP contribution in [0.5, 0.6) is 0 Å². The third-order valence-electron chi connectivity index (χ3n) is 8.39. The number of hydrogen-bond donors (Lipinski definition) is 2. The molecule has 0 bridgehead atoms. The van der Waals surface area contributed by atoms with E-state index in [-0.39, 0.29) is 23.9 Å². The summed E-state index contributed by atoms with van der Waals surface area (Å²) in [6, 6.07) is 11.6. The molecule has 1 spiro atoms. The van der Waals surface area contributed by atoms with E-state index in [9.17, 15) is 14.0 Å². The molecular formula is C28H31F2N7O2. The summed E-state index contributed by atoms with van der Waals surface area (Å²) < 4.78 is 42.7. The van der Waals surface area contributed by atoms with Crippen LogP contribution in [0.3, 0.4) is 0 Å². The smallest absolute Gasteiger partial charge is 0.171 e. The number of nitrogens with zero attached hydrogens (tertiary/aromatic N) is 5. The lowest BCUT2D eigenvalue weighted by atomic mass is 9.85. The maximum atomic E-state index is 14.7. The third-order valence-corrected chi connectivity index (χ3v) is 8.39. The minimum absolute atomic E-state index is 0.0333. The van der Waals surface area contributed by atoms with Crippen LogP contribution in [0.25, 0.3) is 5.52 Å². The van der Waals surface area contributed by atoms with Crippen LogP contribution in [0, 0.1) is 17.1 Å². The van der Waals surface area contributed by atoms with Crippen molar-refractivity contribution in [3.8, 4) is 6.07 Å². The average Bonchev–Trinajstić information content (AvgIpc) is 3.60. The van der Waals surface area contributed by atoms with Gasteiger partial charge in [0.15, 0.2) is 5.82 Å². The topological polar surface area (TPSA) is 90.1 Å². The molecule has 2 aromatic heterocycles. The van der Waals surface area contributed by atoms with E-state index in [1.807, 2.05) is 13.0 Å². The van der Waals surface area contributed by atoms with Gasteiger partial charge in [0.1, 0.15) is 29.1 Å². The molecule has 39 heavy (non-hydrogen) atoms. The number of nitrogens with one attached hydrogen (secondary N) is 2. The third kappa shape index (κ3) is 4.23. The van der Waals surface area contributed by atoms with E-state index in [0.717, 1.165) is 37.1 Å². The van der Waals surface area contributed by atoms with Crippen LogP contribution in [-0.4, -0.2) is 84.7 Å². The zero-order valence-corrected chi connectivity index (χ0v) is 21.7. The number of halogens is 2. The number of benzene rings is 1.